The van der Waals surface area contributed by atoms with Crippen molar-refractivity contribution in [3.63, 3.8) is 0 Å². The van der Waals surface area contributed by atoms with E-state index in [0.717, 1.165) is 43.1 Å². The van der Waals surface area contributed by atoms with Gasteiger partial charge in [-0.05, 0) is 32.7 Å². The van der Waals surface area contributed by atoms with Crippen molar-refractivity contribution in [1.82, 2.24) is 9.97 Å². The van der Waals surface area contributed by atoms with E-state index in [1.54, 1.807) is 6.20 Å². The normalized spacial score (nSPS) is 12.5. The Labute approximate surface area is 97.7 Å². The molecule has 1 heterocycles. The van der Waals surface area contributed by atoms with Crippen LogP contribution in [0.5, 0.6) is 0 Å². The Hall–Kier alpha value is -1.16. The van der Waals surface area contributed by atoms with Gasteiger partial charge in [-0.15, -0.1) is 0 Å². The number of rotatable bonds is 6. The van der Waals surface area contributed by atoms with Gasteiger partial charge in [-0.1, -0.05) is 13.3 Å². The quantitative estimate of drug-likeness (QED) is 0.771. The van der Waals surface area contributed by atoms with Crippen molar-refractivity contribution in [3.8, 4) is 0 Å². The first-order chi connectivity index (χ1) is 7.67. The standard InChI is InChI=1S/C12H22N4/c1-4-11(5-6-13)8-15-12-10(3)14-7-9(2)16-12/h7,11H,4-6,8,13H2,1-3H3,(H,15,16). The van der Waals surface area contributed by atoms with Gasteiger partial charge in [0.25, 0.3) is 0 Å². The molecule has 1 atom stereocenters. The molecule has 0 saturated heterocycles. The van der Waals surface area contributed by atoms with Crippen molar-refractivity contribution in [3.05, 3.63) is 17.6 Å². The lowest BCUT2D eigenvalue weighted by molar-refractivity contribution is 0.500. The maximum atomic E-state index is 5.57. The predicted octanol–water partition coefficient (Wildman–Crippen LogP) is 1.88. The molecule has 1 rings (SSSR count). The highest BCUT2D eigenvalue weighted by atomic mass is 15.0. The van der Waals surface area contributed by atoms with Gasteiger partial charge in [0.05, 0.1) is 11.4 Å². The largest absolute Gasteiger partial charge is 0.368 e. The second kappa shape index (κ2) is 6.43. The molecule has 0 saturated carbocycles. The van der Waals surface area contributed by atoms with E-state index in [-0.39, 0.29) is 0 Å². The number of aromatic nitrogens is 2. The molecule has 1 aromatic rings. The number of nitrogens with zero attached hydrogens (tertiary/aromatic N) is 2. The SMILES string of the molecule is CCC(CCN)CNc1nc(C)cnc1C. The maximum Gasteiger partial charge on any atom is 0.147 e. The molecule has 16 heavy (non-hydrogen) atoms. The van der Waals surface area contributed by atoms with Crippen LogP contribution in [0.3, 0.4) is 0 Å². The molecule has 4 nitrogen and oxygen atoms in total. The van der Waals surface area contributed by atoms with E-state index in [9.17, 15) is 0 Å². The van der Waals surface area contributed by atoms with Crippen molar-refractivity contribution in [1.29, 1.82) is 0 Å². The van der Waals surface area contributed by atoms with Crippen LogP contribution in [0.15, 0.2) is 6.20 Å². The van der Waals surface area contributed by atoms with Gasteiger partial charge in [0.15, 0.2) is 0 Å². The zero-order valence-corrected chi connectivity index (χ0v) is 10.5. The number of hydrogen-bond acceptors (Lipinski definition) is 4. The smallest absolute Gasteiger partial charge is 0.147 e. The zero-order chi connectivity index (χ0) is 12.0. The molecule has 0 aliphatic carbocycles. The highest BCUT2D eigenvalue weighted by Gasteiger charge is 2.07. The van der Waals surface area contributed by atoms with Crippen LogP contribution in [0.4, 0.5) is 5.82 Å². The van der Waals surface area contributed by atoms with Crippen LogP contribution in [-0.2, 0) is 0 Å². The minimum atomic E-state index is 0.617. The molecular weight excluding hydrogens is 200 g/mol. The number of nitrogens with two attached hydrogens (primary N) is 1. The fourth-order valence-corrected chi connectivity index (χ4v) is 1.63. The molecule has 0 radical (unpaired) electrons. The molecule has 0 fully saturated rings. The third-order valence-electron chi connectivity index (χ3n) is 2.79. The van der Waals surface area contributed by atoms with E-state index in [1.807, 2.05) is 13.8 Å². The second-order valence-corrected chi connectivity index (χ2v) is 4.18. The minimum Gasteiger partial charge on any atom is -0.368 e. The van der Waals surface area contributed by atoms with Crippen molar-refractivity contribution >= 4 is 5.82 Å². The second-order valence-electron chi connectivity index (χ2n) is 4.18. The molecule has 0 aromatic carbocycles. The summed E-state index contributed by atoms with van der Waals surface area (Å²) < 4.78 is 0. The van der Waals surface area contributed by atoms with Gasteiger partial charge in [-0.2, -0.15) is 0 Å². The molecule has 3 N–H and O–H groups in total. The summed E-state index contributed by atoms with van der Waals surface area (Å²) in [5.41, 5.74) is 7.47. The lowest BCUT2D eigenvalue weighted by Gasteiger charge is -2.15. The van der Waals surface area contributed by atoms with E-state index in [1.165, 1.54) is 0 Å². The zero-order valence-electron chi connectivity index (χ0n) is 10.5. The maximum absolute atomic E-state index is 5.57. The van der Waals surface area contributed by atoms with E-state index in [4.69, 9.17) is 5.73 Å². The number of nitrogens with one attached hydrogen (secondary N) is 1. The molecule has 0 bridgehead atoms. The van der Waals surface area contributed by atoms with Gasteiger partial charge >= 0.3 is 0 Å². The van der Waals surface area contributed by atoms with Crippen LogP contribution in [0.25, 0.3) is 0 Å². The van der Waals surface area contributed by atoms with E-state index in [2.05, 4.69) is 22.2 Å². The molecule has 4 heteroatoms. The van der Waals surface area contributed by atoms with Gasteiger partial charge < -0.3 is 11.1 Å². The fourth-order valence-electron chi connectivity index (χ4n) is 1.63. The summed E-state index contributed by atoms with van der Waals surface area (Å²) in [6, 6.07) is 0. The topological polar surface area (TPSA) is 63.8 Å². The Morgan fingerprint density at radius 2 is 2.19 bits per heavy atom. The average Bonchev–Trinajstić information content (AvgIpc) is 2.28. The lowest BCUT2D eigenvalue weighted by atomic mass is 10.0. The summed E-state index contributed by atoms with van der Waals surface area (Å²) in [6.45, 7) is 7.79. The van der Waals surface area contributed by atoms with Crippen molar-refractivity contribution < 1.29 is 0 Å². The first kappa shape index (κ1) is 12.9. The van der Waals surface area contributed by atoms with Crippen LogP contribution in [0.1, 0.15) is 31.2 Å². The monoisotopic (exact) mass is 222 g/mol. The third-order valence-corrected chi connectivity index (χ3v) is 2.79. The van der Waals surface area contributed by atoms with E-state index >= 15 is 0 Å². The fraction of sp³-hybridized carbons (Fsp3) is 0.667. The van der Waals surface area contributed by atoms with Crippen LogP contribution >= 0.6 is 0 Å². The van der Waals surface area contributed by atoms with Crippen LogP contribution < -0.4 is 11.1 Å². The first-order valence-electron chi connectivity index (χ1n) is 5.91. The van der Waals surface area contributed by atoms with Gasteiger partial charge in [0.2, 0.25) is 0 Å². The molecule has 1 unspecified atom stereocenters. The van der Waals surface area contributed by atoms with Gasteiger partial charge in [0.1, 0.15) is 5.82 Å². The molecule has 1 aromatic heterocycles. The Morgan fingerprint density at radius 3 is 2.81 bits per heavy atom. The highest BCUT2D eigenvalue weighted by molar-refractivity contribution is 5.39. The predicted molar refractivity (Wildman–Crippen MR) is 67.4 cm³/mol. The summed E-state index contributed by atoms with van der Waals surface area (Å²) >= 11 is 0. The highest BCUT2D eigenvalue weighted by Crippen LogP contribution is 2.12. The summed E-state index contributed by atoms with van der Waals surface area (Å²) in [5.74, 6) is 1.52. The summed E-state index contributed by atoms with van der Waals surface area (Å²) in [5, 5.41) is 3.36. The van der Waals surface area contributed by atoms with Crippen LogP contribution in [0.2, 0.25) is 0 Å². The van der Waals surface area contributed by atoms with Gasteiger partial charge in [-0.3, -0.25) is 4.98 Å². The molecule has 0 aliphatic heterocycles. The van der Waals surface area contributed by atoms with E-state index < -0.39 is 0 Å². The van der Waals surface area contributed by atoms with Crippen molar-refractivity contribution in [2.45, 2.75) is 33.6 Å². The average molecular weight is 222 g/mol. The van der Waals surface area contributed by atoms with E-state index in [0.29, 0.717) is 5.92 Å². The number of anilines is 1. The van der Waals surface area contributed by atoms with Gasteiger partial charge in [0, 0.05) is 12.7 Å². The molecule has 0 aliphatic rings. The van der Waals surface area contributed by atoms with Crippen molar-refractivity contribution in [2.24, 2.45) is 11.7 Å². The Kier molecular flexibility index (Phi) is 5.19. The lowest BCUT2D eigenvalue weighted by Crippen LogP contribution is -2.18. The first-order valence-corrected chi connectivity index (χ1v) is 5.91. The molecule has 90 valence electrons. The minimum absolute atomic E-state index is 0.617. The molecule has 0 amide bonds. The van der Waals surface area contributed by atoms with Gasteiger partial charge in [-0.25, -0.2) is 4.98 Å². The number of hydrogen-bond donors (Lipinski definition) is 2. The molecular formula is C12H22N4. The van der Waals surface area contributed by atoms with Crippen LogP contribution in [-0.4, -0.2) is 23.1 Å². The van der Waals surface area contributed by atoms with Crippen molar-refractivity contribution in [2.75, 3.05) is 18.4 Å². The summed E-state index contributed by atoms with van der Waals surface area (Å²) in [4.78, 5) is 8.71. The Balaban J connectivity index is 2.55. The number of aryl methyl sites for hydroxylation is 2. The summed E-state index contributed by atoms with van der Waals surface area (Å²) in [7, 11) is 0. The van der Waals surface area contributed by atoms with Crippen LogP contribution in [0, 0.1) is 19.8 Å². The molecule has 0 spiro atoms. The third kappa shape index (κ3) is 3.77. The Morgan fingerprint density at radius 1 is 1.44 bits per heavy atom. The Bertz CT molecular complexity index is 325. The summed E-state index contributed by atoms with van der Waals surface area (Å²) in [6.07, 6.45) is 3.99.